The molecule has 3 heteroatoms. The van der Waals surface area contributed by atoms with Gasteiger partial charge in [-0.15, -0.1) is 0 Å². The van der Waals surface area contributed by atoms with Gasteiger partial charge in [0, 0.05) is 19.5 Å². The summed E-state index contributed by atoms with van der Waals surface area (Å²) in [4.78, 5) is 14.8. The van der Waals surface area contributed by atoms with Crippen molar-refractivity contribution in [3.05, 3.63) is 0 Å². The van der Waals surface area contributed by atoms with E-state index in [2.05, 4.69) is 6.07 Å². The quantitative estimate of drug-likeness (QED) is 0.781. The van der Waals surface area contributed by atoms with Gasteiger partial charge in [0.15, 0.2) is 0 Å². The van der Waals surface area contributed by atoms with Crippen LogP contribution in [-0.4, -0.2) is 23.9 Å². The van der Waals surface area contributed by atoms with E-state index in [1.165, 1.54) is 38.5 Å². The van der Waals surface area contributed by atoms with Crippen molar-refractivity contribution in [2.75, 3.05) is 13.1 Å². The van der Waals surface area contributed by atoms with E-state index in [4.69, 9.17) is 5.26 Å². The molecule has 114 valence electrons. The molecule has 1 aliphatic heterocycles. The maximum Gasteiger partial charge on any atom is 0.223 e. The number of carbonyl (C=O) groups excluding carboxylic acids is 1. The molecule has 0 N–H and O–H groups in total. The Morgan fingerprint density at radius 3 is 2.33 bits per heavy atom. The second kappa shape index (κ2) is 5.00. The van der Waals surface area contributed by atoms with Gasteiger partial charge in [-0.1, -0.05) is 0 Å². The molecule has 21 heavy (non-hydrogen) atoms. The van der Waals surface area contributed by atoms with Gasteiger partial charge in [-0.3, -0.25) is 4.79 Å². The van der Waals surface area contributed by atoms with Crippen LogP contribution in [0, 0.1) is 40.4 Å². The molecule has 1 heterocycles. The molecule has 4 saturated carbocycles. The third-order valence-corrected chi connectivity index (χ3v) is 6.65. The topological polar surface area (TPSA) is 44.1 Å². The SMILES string of the molecule is N#CC1CCCN(C(=O)CC23CC4CC(CC(C4)C2)C3)C1. The Kier molecular flexibility index (Phi) is 3.24. The number of piperidine rings is 1. The van der Waals surface area contributed by atoms with Gasteiger partial charge < -0.3 is 4.90 Å². The lowest BCUT2D eigenvalue weighted by Crippen LogP contribution is -2.49. The lowest BCUT2D eigenvalue weighted by atomic mass is 9.49. The zero-order valence-corrected chi connectivity index (χ0v) is 12.9. The first-order valence-electron chi connectivity index (χ1n) is 8.83. The highest BCUT2D eigenvalue weighted by atomic mass is 16.2. The standard InChI is InChI=1S/C18H26N2O/c19-11-13-2-1-3-20(12-13)17(21)10-18-7-14-4-15(8-18)6-16(5-14)9-18/h13-16H,1-10,12H2. The highest BCUT2D eigenvalue weighted by molar-refractivity contribution is 5.77. The average Bonchev–Trinajstić information content (AvgIpc) is 2.45. The summed E-state index contributed by atoms with van der Waals surface area (Å²) in [6.45, 7) is 1.56. The van der Waals surface area contributed by atoms with Crippen molar-refractivity contribution in [3.63, 3.8) is 0 Å². The zero-order chi connectivity index (χ0) is 14.4. The predicted molar refractivity (Wildman–Crippen MR) is 80.1 cm³/mol. The Balaban J connectivity index is 1.43. The van der Waals surface area contributed by atoms with Crippen molar-refractivity contribution in [1.82, 2.24) is 4.90 Å². The molecule has 3 nitrogen and oxygen atoms in total. The van der Waals surface area contributed by atoms with Crippen LogP contribution in [0.25, 0.3) is 0 Å². The number of hydrogen-bond acceptors (Lipinski definition) is 2. The van der Waals surface area contributed by atoms with Gasteiger partial charge in [-0.05, 0) is 74.5 Å². The molecule has 5 fully saturated rings. The molecule has 0 aromatic carbocycles. The van der Waals surface area contributed by atoms with E-state index >= 15 is 0 Å². The number of hydrogen-bond donors (Lipinski definition) is 0. The van der Waals surface area contributed by atoms with Crippen LogP contribution in [0.4, 0.5) is 0 Å². The Bertz CT molecular complexity index is 443. The Morgan fingerprint density at radius 2 is 1.76 bits per heavy atom. The van der Waals surface area contributed by atoms with E-state index in [0.29, 0.717) is 17.9 Å². The van der Waals surface area contributed by atoms with Crippen molar-refractivity contribution in [3.8, 4) is 6.07 Å². The van der Waals surface area contributed by atoms with E-state index in [1.807, 2.05) is 4.90 Å². The van der Waals surface area contributed by atoms with Crippen LogP contribution >= 0.6 is 0 Å². The van der Waals surface area contributed by atoms with Crippen LogP contribution < -0.4 is 0 Å². The second-order valence-electron chi connectivity index (χ2n) is 8.40. The van der Waals surface area contributed by atoms with Crippen molar-refractivity contribution in [2.24, 2.45) is 29.1 Å². The van der Waals surface area contributed by atoms with Gasteiger partial charge >= 0.3 is 0 Å². The van der Waals surface area contributed by atoms with Crippen molar-refractivity contribution in [1.29, 1.82) is 5.26 Å². The molecule has 1 atom stereocenters. The smallest absolute Gasteiger partial charge is 0.223 e. The third-order valence-electron chi connectivity index (χ3n) is 6.65. The second-order valence-corrected chi connectivity index (χ2v) is 8.40. The fraction of sp³-hybridized carbons (Fsp3) is 0.889. The maximum absolute atomic E-state index is 12.8. The van der Waals surface area contributed by atoms with Crippen molar-refractivity contribution < 1.29 is 4.79 Å². The van der Waals surface area contributed by atoms with Crippen molar-refractivity contribution >= 4 is 5.91 Å². The minimum atomic E-state index is 0.0686. The van der Waals surface area contributed by atoms with E-state index in [-0.39, 0.29) is 5.92 Å². The van der Waals surface area contributed by atoms with Gasteiger partial charge in [-0.2, -0.15) is 5.26 Å². The van der Waals surface area contributed by atoms with Crippen molar-refractivity contribution in [2.45, 2.75) is 57.8 Å². The highest BCUT2D eigenvalue weighted by Gasteiger charge is 2.51. The molecule has 5 rings (SSSR count). The molecule has 1 saturated heterocycles. The van der Waals surface area contributed by atoms with E-state index in [1.54, 1.807) is 0 Å². The van der Waals surface area contributed by atoms with E-state index < -0.39 is 0 Å². The fourth-order valence-corrected chi connectivity index (χ4v) is 6.25. The largest absolute Gasteiger partial charge is 0.341 e. The average molecular weight is 286 g/mol. The molecule has 5 aliphatic rings. The summed E-state index contributed by atoms with van der Waals surface area (Å²) < 4.78 is 0. The van der Waals surface area contributed by atoms with Gasteiger partial charge in [0.05, 0.1) is 12.0 Å². The Morgan fingerprint density at radius 1 is 1.14 bits per heavy atom. The molecule has 1 amide bonds. The van der Waals surface area contributed by atoms with Crippen LogP contribution in [0.5, 0.6) is 0 Å². The highest BCUT2D eigenvalue weighted by Crippen LogP contribution is 2.61. The number of rotatable bonds is 2. The number of likely N-dealkylation sites (tertiary alicyclic amines) is 1. The minimum absolute atomic E-state index is 0.0686. The zero-order valence-electron chi connectivity index (χ0n) is 12.9. The molecular formula is C18H26N2O. The van der Waals surface area contributed by atoms with Gasteiger partial charge in [0.2, 0.25) is 5.91 Å². The summed E-state index contributed by atoms with van der Waals surface area (Å²) in [5, 5.41) is 9.11. The minimum Gasteiger partial charge on any atom is -0.341 e. The number of amides is 1. The molecule has 0 aromatic rings. The fourth-order valence-electron chi connectivity index (χ4n) is 6.25. The lowest BCUT2D eigenvalue weighted by molar-refractivity contribution is -0.140. The summed E-state index contributed by atoms with van der Waals surface area (Å²) in [6.07, 6.45) is 11.0. The lowest BCUT2D eigenvalue weighted by Gasteiger charge is -2.57. The van der Waals surface area contributed by atoms with Crippen LogP contribution in [0.15, 0.2) is 0 Å². The predicted octanol–water partition coefficient (Wildman–Crippen LogP) is 3.36. The molecular weight excluding hydrogens is 260 g/mol. The summed E-state index contributed by atoms with van der Waals surface area (Å²) >= 11 is 0. The molecule has 4 bridgehead atoms. The number of carbonyl (C=O) groups is 1. The molecule has 0 spiro atoms. The van der Waals surface area contributed by atoms with Gasteiger partial charge in [-0.25, -0.2) is 0 Å². The van der Waals surface area contributed by atoms with E-state index in [9.17, 15) is 4.79 Å². The first-order chi connectivity index (χ1) is 10.2. The molecule has 0 radical (unpaired) electrons. The van der Waals surface area contributed by atoms with Crippen LogP contribution in [0.1, 0.15) is 57.8 Å². The first-order valence-corrected chi connectivity index (χ1v) is 8.83. The number of nitriles is 1. The van der Waals surface area contributed by atoms with Crippen LogP contribution in [0.2, 0.25) is 0 Å². The summed E-state index contributed by atoms with van der Waals surface area (Å²) in [6, 6.07) is 2.35. The van der Waals surface area contributed by atoms with Crippen LogP contribution in [0.3, 0.4) is 0 Å². The molecule has 0 aromatic heterocycles. The monoisotopic (exact) mass is 286 g/mol. The Labute approximate surface area is 127 Å². The summed E-state index contributed by atoms with van der Waals surface area (Å²) in [5.74, 6) is 3.16. The van der Waals surface area contributed by atoms with Crippen LogP contribution in [-0.2, 0) is 4.79 Å². The van der Waals surface area contributed by atoms with Gasteiger partial charge in [0.1, 0.15) is 0 Å². The summed E-state index contributed by atoms with van der Waals surface area (Å²) in [5.41, 5.74) is 0.339. The van der Waals surface area contributed by atoms with E-state index in [0.717, 1.165) is 43.6 Å². The molecule has 4 aliphatic carbocycles. The maximum atomic E-state index is 12.8. The normalized spacial score (nSPS) is 44.6. The summed E-state index contributed by atoms with van der Waals surface area (Å²) in [7, 11) is 0. The third kappa shape index (κ3) is 2.47. The first kappa shape index (κ1) is 13.6. The molecule has 1 unspecified atom stereocenters. The Hall–Kier alpha value is -1.04. The van der Waals surface area contributed by atoms with Gasteiger partial charge in [0.25, 0.3) is 0 Å². The number of nitrogens with zero attached hydrogens (tertiary/aromatic N) is 2.